The molecular weight excluding hydrogens is 202 g/mol. The third kappa shape index (κ3) is 1.24. The van der Waals surface area contributed by atoms with Crippen LogP contribution in [0.15, 0.2) is 24.4 Å². The van der Waals surface area contributed by atoms with Crippen LogP contribution >= 0.6 is 0 Å². The number of fused-ring (bicyclic) bond motifs is 1. The summed E-state index contributed by atoms with van der Waals surface area (Å²) in [5.41, 5.74) is 6.70. The number of nitrogen functional groups attached to an aromatic ring is 1. The maximum atomic E-state index is 11.3. The van der Waals surface area contributed by atoms with E-state index in [9.17, 15) is 8.42 Å². The summed E-state index contributed by atoms with van der Waals surface area (Å²) in [7, 11) is -3.35. The molecule has 0 spiro atoms. The van der Waals surface area contributed by atoms with E-state index in [4.69, 9.17) is 5.73 Å². The second-order valence-electron chi connectivity index (χ2n) is 3.03. The summed E-state index contributed by atoms with van der Waals surface area (Å²) in [4.78, 5) is 0. The van der Waals surface area contributed by atoms with Crippen LogP contribution in [-0.2, 0) is 10.0 Å². The molecule has 0 saturated carbocycles. The Morgan fingerprint density at radius 3 is 2.79 bits per heavy atom. The molecule has 14 heavy (non-hydrogen) atoms. The van der Waals surface area contributed by atoms with Crippen molar-refractivity contribution in [3.05, 3.63) is 24.4 Å². The molecule has 74 valence electrons. The Hall–Kier alpha value is -1.56. The number of rotatable bonds is 1. The maximum absolute atomic E-state index is 11.3. The minimum Gasteiger partial charge on any atom is -0.398 e. The van der Waals surface area contributed by atoms with Crippen molar-refractivity contribution in [3.63, 3.8) is 0 Å². The van der Waals surface area contributed by atoms with Crippen LogP contribution < -0.4 is 5.73 Å². The number of benzene rings is 1. The van der Waals surface area contributed by atoms with Crippen molar-refractivity contribution in [1.82, 2.24) is 9.19 Å². The number of nitrogens with two attached hydrogens (primary N) is 1. The molecule has 2 rings (SSSR count). The highest BCUT2D eigenvalue weighted by Crippen LogP contribution is 2.20. The van der Waals surface area contributed by atoms with Gasteiger partial charge in [-0.05, 0) is 12.1 Å². The van der Waals surface area contributed by atoms with E-state index in [-0.39, 0.29) is 0 Å². The number of aromatic nitrogens is 2. The van der Waals surface area contributed by atoms with E-state index < -0.39 is 10.0 Å². The molecule has 0 saturated heterocycles. The van der Waals surface area contributed by atoms with Crippen LogP contribution in [0.5, 0.6) is 0 Å². The van der Waals surface area contributed by atoms with Gasteiger partial charge in [-0.2, -0.15) is 9.19 Å². The van der Waals surface area contributed by atoms with E-state index in [0.717, 1.165) is 10.3 Å². The summed E-state index contributed by atoms with van der Waals surface area (Å²) < 4.78 is 23.5. The van der Waals surface area contributed by atoms with Crippen LogP contribution in [0.4, 0.5) is 5.69 Å². The third-order valence-electron chi connectivity index (χ3n) is 1.93. The monoisotopic (exact) mass is 211 g/mol. The maximum Gasteiger partial charge on any atom is 0.251 e. The van der Waals surface area contributed by atoms with Gasteiger partial charge in [0.15, 0.2) is 0 Å². The summed E-state index contributed by atoms with van der Waals surface area (Å²) in [5, 5.41) is 4.43. The molecule has 1 aromatic heterocycles. The zero-order valence-electron chi connectivity index (χ0n) is 7.51. The molecule has 1 aromatic carbocycles. The quantitative estimate of drug-likeness (QED) is 0.694. The van der Waals surface area contributed by atoms with Crippen LogP contribution in [0, 0.1) is 0 Å². The predicted molar refractivity (Wildman–Crippen MR) is 54.4 cm³/mol. The van der Waals surface area contributed by atoms with Crippen LogP contribution in [0.3, 0.4) is 0 Å². The van der Waals surface area contributed by atoms with Crippen LogP contribution in [0.1, 0.15) is 0 Å². The average molecular weight is 211 g/mol. The standard InChI is InChI=1S/C8H9N3O2S/c1-14(12,13)11-8-4-2-3-7(9)6(8)5-10-11/h2-5H,9H2,1H3. The van der Waals surface area contributed by atoms with Crippen molar-refractivity contribution >= 4 is 26.6 Å². The van der Waals surface area contributed by atoms with Crippen molar-refractivity contribution in [1.29, 1.82) is 0 Å². The highest BCUT2D eigenvalue weighted by molar-refractivity contribution is 7.89. The summed E-state index contributed by atoms with van der Waals surface area (Å²) in [5.74, 6) is 0. The lowest BCUT2D eigenvalue weighted by Gasteiger charge is -1.99. The molecule has 2 N–H and O–H groups in total. The lowest BCUT2D eigenvalue weighted by molar-refractivity contribution is 0.588. The molecule has 0 bridgehead atoms. The second-order valence-corrected chi connectivity index (χ2v) is 4.84. The highest BCUT2D eigenvalue weighted by atomic mass is 32.2. The summed E-state index contributed by atoms with van der Waals surface area (Å²) in [6, 6.07) is 5.07. The normalized spacial score (nSPS) is 12.1. The molecule has 0 radical (unpaired) electrons. The minimum atomic E-state index is -3.35. The van der Waals surface area contributed by atoms with Crippen LogP contribution in [0.25, 0.3) is 10.9 Å². The van der Waals surface area contributed by atoms with Crippen LogP contribution in [-0.4, -0.2) is 23.9 Å². The fraction of sp³-hybridized carbons (Fsp3) is 0.125. The van der Waals surface area contributed by atoms with E-state index in [1.165, 1.54) is 6.20 Å². The zero-order valence-corrected chi connectivity index (χ0v) is 8.32. The number of anilines is 1. The Labute approximate surface area is 81.2 Å². The molecule has 0 amide bonds. The van der Waals surface area contributed by atoms with Gasteiger partial charge in [-0.1, -0.05) is 6.07 Å². The SMILES string of the molecule is CS(=O)(=O)n1ncc2c(N)cccc21. The molecule has 0 aliphatic rings. The van der Waals surface area contributed by atoms with Gasteiger partial charge in [-0.15, -0.1) is 0 Å². The average Bonchev–Trinajstić information content (AvgIpc) is 2.47. The molecule has 0 fully saturated rings. The van der Waals surface area contributed by atoms with Gasteiger partial charge in [0.25, 0.3) is 10.0 Å². The lowest BCUT2D eigenvalue weighted by Crippen LogP contribution is -2.11. The molecule has 1 heterocycles. The van der Waals surface area contributed by atoms with E-state index >= 15 is 0 Å². The van der Waals surface area contributed by atoms with Gasteiger partial charge in [0.05, 0.1) is 18.0 Å². The molecule has 2 aromatic rings. The predicted octanol–water partition coefficient (Wildman–Crippen LogP) is 0.426. The molecule has 5 nitrogen and oxygen atoms in total. The van der Waals surface area contributed by atoms with Crippen molar-refractivity contribution < 1.29 is 8.42 Å². The van der Waals surface area contributed by atoms with Gasteiger partial charge in [0, 0.05) is 11.1 Å². The van der Waals surface area contributed by atoms with E-state index in [2.05, 4.69) is 5.10 Å². The molecule has 6 heteroatoms. The first-order chi connectivity index (χ1) is 6.50. The summed E-state index contributed by atoms with van der Waals surface area (Å²) in [6.45, 7) is 0. The van der Waals surface area contributed by atoms with Gasteiger partial charge < -0.3 is 5.73 Å². The first kappa shape index (κ1) is 9.01. The third-order valence-corrected chi connectivity index (χ3v) is 2.85. The molecule has 0 aliphatic carbocycles. The highest BCUT2D eigenvalue weighted by Gasteiger charge is 2.11. The van der Waals surface area contributed by atoms with E-state index in [1.807, 2.05) is 0 Å². The summed E-state index contributed by atoms with van der Waals surface area (Å²) in [6.07, 6.45) is 2.55. The Morgan fingerprint density at radius 2 is 2.14 bits per heavy atom. The lowest BCUT2D eigenvalue weighted by atomic mass is 10.2. The zero-order chi connectivity index (χ0) is 10.3. The number of hydrogen-bond donors (Lipinski definition) is 1. The fourth-order valence-corrected chi connectivity index (χ4v) is 2.05. The molecule has 0 aliphatic heterocycles. The van der Waals surface area contributed by atoms with Crippen molar-refractivity contribution in [2.45, 2.75) is 0 Å². The Kier molecular flexibility index (Phi) is 1.75. The smallest absolute Gasteiger partial charge is 0.251 e. The first-order valence-electron chi connectivity index (χ1n) is 3.93. The number of nitrogens with zero attached hydrogens (tertiary/aromatic N) is 2. The van der Waals surface area contributed by atoms with Crippen molar-refractivity contribution in [2.24, 2.45) is 0 Å². The topological polar surface area (TPSA) is 78.0 Å². The largest absolute Gasteiger partial charge is 0.398 e. The number of hydrogen-bond acceptors (Lipinski definition) is 4. The Morgan fingerprint density at radius 1 is 1.43 bits per heavy atom. The molecule has 0 atom stereocenters. The van der Waals surface area contributed by atoms with Crippen LogP contribution in [0.2, 0.25) is 0 Å². The van der Waals surface area contributed by atoms with Crippen molar-refractivity contribution in [3.8, 4) is 0 Å². The molecule has 0 unspecified atom stereocenters. The van der Waals surface area contributed by atoms with E-state index in [0.29, 0.717) is 16.6 Å². The molecular formula is C8H9N3O2S. The Balaban J connectivity index is 2.90. The van der Waals surface area contributed by atoms with E-state index in [1.54, 1.807) is 18.2 Å². The van der Waals surface area contributed by atoms with Gasteiger partial charge in [0.2, 0.25) is 0 Å². The minimum absolute atomic E-state index is 0.507. The van der Waals surface area contributed by atoms with Gasteiger partial charge in [0.1, 0.15) is 0 Å². The van der Waals surface area contributed by atoms with Gasteiger partial charge in [-0.25, -0.2) is 8.42 Å². The second kappa shape index (κ2) is 2.71. The summed E-state index contributed by atoms with van der Waals surface area (Å²) >= 11 is 0. The fourth-order valence-electron chi connectivity index (χ4n) is 1.31. The first-order valence-corrected chi connectivity index (χ1v) is 5.78. The van der Waals surface area contributed by atoms with Gasteiger partial charge in [-0.3, -0.25) is 0 Å². The van der Waals surface area contributed by atoms with Crippen molar-refractivity contribution in [2.75, 3.05) is 12.0 Å². The Bertz CT molecular complexity index is 586. The van der Waals surface area contributed by atoms with Gasteiger partial charge >= 0.3 is 0 Å².